The van der Waals surface area contributed by atoms with Gasteiger partial charge in [-0.2, -0.15) is 0 Å². The van der Waals surface area contributed by atoms with Crippen LogP contribution in [0.15, 0.2) is 24.3 Å². The van der Waals surface area contributed by atoms with E-state index in [-0.39, 0.29) is 11.1 Å². The van der Waals surface area contributed by atoms with Gasteiger partial charge in [0.15, 0.2) is 0 Å². The van der Waals surface area contributed by atoms with Gasteiger partial charge in [-0.05, 0) is 35.3 Å². The molecule has 1 aromatic carbocycles. The molecule has 0 aliphatic heterocycles. The van der Waals surface area contributed by atoms with Crippen molar-refractivity contribution in [1.29, 1.82) is 0 Å². The topological polar surface area (TPSA) is 34.1 Å². The van der Waals surface area contributed by atoms with Gasteiger partial charge in [-0.3, -0.25) is 9.59 Å². The van der Waals surface area contributed by atoms with Gasteiger partial charge in [0.05, 0.1) is 0 Å². The molecule has 1 aromatic rings. The van der Waals surface area contributed by atoms with Gasteiger partial charge in [-0.1, -0.05) is 26.0 Å². The summed E-state index contributed by atoms with van der Waals surface area (Å²) in [5.41, 5.74) is 0.276. The highest BCUT2D eigenvalue weighted by atomic mass is 35.5. The van der Waals surface area contributed by atoms with E-state index in [4.69, 9.17) is 23.2 Å². The minimum Gasteiger partial charge on any atom is -0.276 e. The van der Waals surface area contributed by atoms with Gasteiger partial charge in [-0.25, -0.2) is 0 Å². The molecule has 0 saturated carbocycles. The number of carbonyl (C=O) groups is 2. The van der Waals surface area contributed by atoms with Crippen LogP contribution in [0.1, 0.15) is 34.6 Å². The molecule has 0 amide bonds. The van der Waals surface area contributed by atoms with E-state index in [9.17, 15) is 9.59 Å². The molecule has 14 heavy (non-hydrogen) atoms. The van der Waals surface area contributed by atoms with E-state index in [2.05, 4.69) is 0 Å². The third kappa shape index (κ3) is 3.48. The molecule has 2 nitrogen and oxygen atoms in total. The van der Waals surface area contributed by atoms with Gasteiger partial charge in [0.1, 0.15) is 0 Å². The van der Waals surface area contributed by atoms with Crippen molar-refractivity contribution in [3.8, 4) is 0 Å². The van der Waals surface area contributed by atoms with E-state index in [0.29, 0.717) is 0 Å². The lowest BCUT2D eigenvalue weighted by atomic mass is 10.1. The highest BCUT2D eigenvalue weighted by Crippen LogP contribution is 2.13. The Bertz CT molecular complexity index is 302. The highest BCUT2D eigenvalue weighted by molar-refractivity contribution is 6.71. The van der Waals surface area contributed by atoms with Crippen LogP contribution >= 0.6 is 23.2 Å². The average molecular weight is 233 g/mol. The Kier molecular flexibility index (Phi) is 6.17. The zero-order chi connectivity index (χ0) is 11.1. The molecule has 0 unspecified atom stereocenters. The summed E-state index contributed by atoms with van der Waals surface area (Å²) < 4.78 is 0. The predicted molar refractivity (Wildman–Crippen MR) is 58.2 cm³/mol. The largest absolute Gasteiger partial charge is 0.276 e. The average Bonchev–Trinajstić information content (AvgIpc) is 2.20. The zero-order valence-corrected chi connectivity index (χ0v) is 9.39. The molecule has 76 valence electrons. The van der Waals surface area contributed by atoms with Crippen molar-refractivity contribution in [3.63, 3.8) is 0 Å². The van der Waals surface area contributed by atoms with E-state index >= 15 is 0 Å². The lowest BCUT2D eigenvalue weighted by molar-refractivity contribution is 0.105. The van der Waals surface area contributed by atoms with Crippen molar-refractivity contribution in [2.45, 2.75) is 13.8 Å². The Morgan fingerprint density at radius 3 is 1.43 bits per heavy atom. The number of benzene rings is 1. The molecule has 0 aliphatic carbocycles. The minimum atomic E-state index is -0.681. The third-order valence-electron chi connectivity index (χ3n) is 1.35. The number of halogens is 2. The second kappa shape index (κ2) is 6.57. The fourth-order valence-corrected chi connectivity index (χ4v) is 1.16. The van der Waals surface area contributed by atoms with Crippen LogP contribution < -0.4 is 0 Å². The Balaban J connectivity index is 0.000000791. The normalized spacial score (nSPS) is 8.57. The monoisotopic (exact) mass is 232 g/mol. The Morgan fingerprint density at radius 1 is 0.929 bits per heavy atom. The van der Waals surface area contributed by atoms with E-state index in [1.807, 2.05) is 13.8 Å². The van der Waals surface area contributed by atoms with Gasteiger partial charge in [0.2, 0.25) is 0 Å². The maximum absolute atomic E-state index is 10.7. The Morgan fingerprint density at radius 2 is 1.21 bits per heavy atom. The fourth-order valence-electron chi connectivity index (χ4n) is 0.826. The highest BCUT2D eigenvalue weighted by Gasteiger charge is 2.12. The molecular formula is C10H10Cl2O2. The summed E-state index contributed by atoms with van der Waals surface area (Å²) in [5, 5.41) is -1.36. The van der Waals surface area contributed by atoms with Gasteiger partial charge in [0, 0.05) is 11.1 Å². The second-order valence-electron chi connectivity index (χ2n) is 2.09. The van der Waals surface area contributed by atoms with Crippen molar-refractivity contribution in [2.24, 2.45) is 0 Å². The standard InChI is InChI=1S/C8H4Cl2O2.C2H6/c9-7(11)5-3-1-2-4-6(5)8(10)12;1-2/h1-4H;1-2H3. The quantitative estimate of drug-likeness (QED) is 0.733. The number of hydrogen-bond acceptors (Lipinski definition) is 2. The van der Waals surface area contributed by atoms with Crippen molar-refractivity contribution in [1.82, 2.24) is 0 Å². The first-order chi connectivity index (χ1) is 6.63. The molecule has 0 atom stereocenters. The van der Waals surface area contributed by atoms with Crippen LogP contribution in [0, 0.1) is 0 Å². The van der Waals surface area contributed by atoms with Gasteiger partial charge in [0.25, 0.3) is 10.5 Å². The maximum Gasteiger partial charge on any atom is 0.253 e. The summed E-state index contributed by atoms with van der Waals surface area (Å²) in [7, 11) is 0. The van der Waals surface area contributed by atoms with E-state index < -0.39 is 10.5 Å². The molecule has 0 spiro atoms. The van der Waals surface area contributed by atoms with E-state index in [1.165, 1.54) is 12.1 Å². The van der Waals surface area contributed by atoms with Crippen LogP contribution in [0.4, 0.5) is 0 Å². The molecule has 0 saturated heterocycles. The Labute approximate surface area is 92.8 Å². The summed E-state index contributed by atoms with van der Waals surface area (Å²) in [6.45, 7) is 4.00. The molecule has 0 bridgehead atoms. The van der Waals surface area contributed by atoms with Gasteiger partial charge in [-0.15, -0.1) is 0 Å². The van der Waals surface area contributed by atoms with Crippen molar-refractivity contribution < 1.29 is 9.59 Å². The number of rotatable bonds is 2. The minimum absolute atomic E-state index is 0.138. The van der Waals surface area contributed by atoms with Crippen molar-refractivity contribution in [2.75, 3.05) is 0 Å². The second-order valence-corrected chi connectivity index (χ2v) is 2.78. The Hall–Kier alpha value is -0.860. The third-order valence-corrected chi connectivity index (χ3v) is 1.76. The summed E-state index contributed by atoms with van der Waals surface area (Å²) in [6, 6.07) is 6.12. The van der Waals surface area contributed by atoms with Crippen molar-refractivity contribution >= 4 is 33.7 Å². The first-order valence-electron chi connectivity index (χ1n) is 4.11. The predicted octanol–water partition coefficient (Wildman–Crippen LogP) is 3.47. The lowest BCUT2D eigenvalue weighted by Gasteiger charge is -1.98. The summed E-state index contributed by atoms with van der Waals surface area (Å²) in [4.78, 5) is 21.5. The van der Waals surface area contributed by atoms with Crippen LogP contribution in [0.3, 0.4) is 0 Å². The first kappa shape index (κ1) is 13.1. The molecule has 0 heterocycles. The van der Waals surface area contributed by atoms with E-state index in [1.54, 1.807) is 12.1 Å². The molecule has 0 aromatic heterocycles. The first-order valence-corrected chi connectivity index (χ1v) is 4.87. The molecule has 0 aliphatic rings. The molecular weight excluding hydrogens is 223 g/mol. The number of hydrogen-bond donors (Lipinski definition) is 0. The van der Waals surface area contributed by atoms with Crippen LogP contribution in [0.5, 0.6) is 0 Å². The summed E-state index contributed by atoms with van der Waals surface area (Å²) in [6.07, 6.45) is 0. The summed E-state index contributed by atoms with van der Waals surface area (Å²) in [5.74, 6) is 0. The smallest absolute Gasteiger partial charge is 0.253 e. The molecule has 0 N–H and O–H groups in total. The SMILES string of the molecule is CC.O=C(Cl)c1ccccc1C(=O)Cl. The molecule has 0 fully saturated rings. The van der Waals surface area contributed by atoms with E-state index in [0.717, 1.165) is 0 Å². The fraction of sp³-hybridized carbons (Fsp3) is 0.200. The molecule has 4 heteroatoms. The van der Waals surface area contributed by atoms with Crippen LogP contribution in [-0.4, -0.2) is 10.5 Å². The lowest BCUT2D eigenvalue weighted by Crippen LogP contribution is -1.99. The zero-order valence-electron chi connectivity index (χ0n) is 7.88. The van der Waals surface area contributed by atoms with Crippen LogP contribution in [-0.2, 0) is 0 Å². The summed E-state index contributed by atoms with van der Waals surface area (Å²) >= 11 is 10.4. The van der Waals surface area contributed by atoms with Gasteiger partial charge < -0.3 is 0 Å². The van der Waals surface area contributed by atoms with Crippen LogP contribution in [0.2, 0.25) is 0 Å². The maximum atomic E-state index is 10.7. The number of carbonyl (C=O) groups excluding carboxylic acids is 2. The molecule has 1 rings (SSSR count). The van der Waals surface area contributed by atoms with Crippen LogP contribution in [0.25, 0.3) is 0 Å². The van der Waals surface area contributed by atoms with Gasteiger partial charge >= 0.3 is 0 Å². The van der Waals surface area contributed by atoms with Crippen molar-refractivity contribution in [3.05, 3.63) is 35.4 Å². The molecule has 0 radical (unpaired) electrons.